The van der Waals surface area contributed by atoms with Gasteiger partial charge in [0.25, 0.3) is 0 Å². The van der Waals surface area contributed by atoms with Crippen LogP contribution >= 0.6 is 11.8 Å². The van der Waals surface area contributed by atoms with Crippen molar-refractivity contribution < 1.29 is 14.6 Å². The van der Waals surface area contributed by atoms with Crippen molar-refractivity contribution in [3.8, 4) is 0 Å². The first-order valence-corrected chi connectivity index (χ1v) is 6.29. The fourth-order valence-electron chi connectivity index (χ4n) is 1.84. The average Bonchev–Trinajstić information content (AvgIpc) is 2.30. The quantitative estimate of drug-likeness (QED) is 0.800. The third kappa shape index (κ3) is 1.83. The molecule has 0 aliphatic carbocycles. The van der Waals surface area contributed by atoms with Gasteiger partial charge >= 0.3 is 5.97 Å². The molecule has 0 aromatic heterocycles. The minimum atomic E-state index is -1.46. The molecule has 1 heterocycles. The number of fused-ring (bicyclic) bond motifs is 1. The van der Waals surface area contributed by atoms with E-state index < -0.39 is 11.6 Å². The monoisotopic (exact) mass is 238 g/mol. The molecule has 0 bridgehead atoms. The molecule has 0 spiro atoms. The molecule has 16 heavy (non-hydrogen) atoms. The molecule has 0 radical (unpaired) electrons. The highest BCUT2D eigenvalue weighted by atomic mass is 32.2. The van der Waals surface area contributed by atoms with Crippen LogP contribution in [0.2, 0.25) is 0 Å². The highest BCUT2D eigenvalue weighted by Crippen LogP contribution is 2.40. The second-order valence-corrected chi connectivity index (χ2v) is 4.81. The highest BCUT2D eigenvalue weighted by Gasteiger charge is 2.43. The fraction of sp³-hybridized carbons (Fsp3) is 0.417. The van der Waals surface area contributed by atoms with Crippen molar-refractivity contribution in [2.45, 2.75) is 23.8 Å². The molecule has 86 valence electrons. The van der Waals surface area contributed by atoms with Gasteiger partial charge < -0.3 is 9.84 Å². The first kappa shape index (κ1) is 11.5. The van der Waals surface area contributed by atoms with Gasteiger partial charge in [-0.25, -0.2) is 4.79 Å². The molecule has 1 N–H and O–H groups in total. The van der Waals surface area contributed by atoms with Gasteiger partial charge in [0.05, 0.1) is 6.61 Å². The van der Waals surface area contributed by atoms with E-state index in [1.54, 1.807) is 24.8 Å². The highest BCUT2D eigenvalue weighted by molar-refractivity contribution is 7.99. The Kier molecular flexibility index (Phi) is 3.21. The van der Waals surface area contributed by atoms with Crippen LogP contribution in [0, 0.1) is 0 Å². The van der Waals surface area contributed by atoms with Gasteiger partial charge in [0.2, 0.25) is 0 Å². The number of hydrogen-bond donors (Lipinski definition) is 1. The van der Waals surface area contributed by atoms with E-state index in [9.17, 15) is 9.90 Å². The van der Waals surface area contributed by atoms with Crippen molar-refractivity contribution in [1.82, 2.24) is 0 Å². The minimum Gasteiger partial charge on any atom is -0.464 e. The molecular formula is C12H14O3S. The summed E-state index contributed by atoms with van der Waals surface area (Å²) < 4.78 is 4.94. The third-order valence-corrected chi connectivity index (χ3v) is 3.74. The third-order valence-electron chi connectivity index (χ3n) is 2.67. The van der Waals surface area contributed by atoms with E-state index >= 15 is 0 Å². The van der Waals surface area contributed by atoms with E-state index in [1.165, 1.54) is 0 Å². The van der Waals surface area contributed by atoms with Gasteiger partial charge in [-0.15, -0.1) is 11.8 Å². The van der Waals surface area contributed by atoms with Gasteiger partial charge in [0.1, 0.15) is 0 Å². The van der Waals surface area contributed by atoms with Crippen LogP contribution in [0.3, 0.4) is 0 Å². The molecule has 0 amide bonds. The topological polar surface area (TPSA) is 46.5 Å². The van der Waals surface area contributed by atoms with Gasteiger partial charge in [0.15, 0.2) is 5.60 Å². The summed E-state index contributed by atoms with van der Waals surface area (Å²) >= 11 is 1.66. The van der Waals surface area contributed by atoms with E-state index in [2.05, 4.69) is 0 Å². The molecule has 0 saturated carbocycles. The maximum atomic E-state index is 11.8. The maximum absolute atomic E-state index is 11.8. The average molecular weight is 238 g/mol. The number of rotatable bonds is 2. The Morgan fingerprint density at radius 1 is 1.56 bits per heavy atom. The lowest BCUT2D eigenvalue weighted by Gasteiger charge is -2.31. The van der Waals surface area contributed by atoms with Crippen molar-refractivity contribution in [3.05, 3.63) is 29.8 Å². The van der Waals surface area contributed by atoms with Crippen molar-refractivity contribution in [2.24, 2.45) is 0 Å². The lowest BCUT2D eigenvalue weighted by Crippen LogP contribution is -2.40. The van der Waals surface area contributed by atoms with Gasteiger partial charge in [-0.2, -0.15) is 0 Å². The number of carbonyl (C=O) groups excluding carboxylic acids is 1. The molecule has 3 nitrogen and oxygen atoms in total. The lowest BCUT2D eigenvalue weighted by atomic mass is 9.90. The van der Waals surface area contributed by atoms with Crippen LogP contribution in [-0.4, -0.2) is 23.4 Å². The van der Waals surface area contributed by atoms with E-state index in [1.807, 2.05) is 18.2 Å². The molecule has 0 fully saturated rings. The smallest absolute Gasteiger partial charge is 0.342 e. The van der Waals surface area contributed by atoms with E-state index in [4.69, 9.17) is 4.74 Å². The molecule has 0 saturated heterocycles. The Morgan fingerprint density at radius 3 is 3.06 bits per heavy atom. The zero-order valence-electron chi connectivity index (χ0n) is 9.10. The van der Waals surface area contributed by atoms with E-state index in [0.29, 0.717) is 12.0 Å². The molecule has 1 aromatic carbocycles. The summed E-state index contributed by atoms with van der Waals surface area (Å²) in [6, 6.07) is 7.44. The van der Waals surface area contributed by atoms with Gasteiger partial charge in [-0.05, 0) is 13.0 Å². The summed E-state index contributed by atoms with van der Waals surface area (Å²) in [6.07, 6.45) is 0.410. The van der Waals surface area contributed by atoms with Crippen LogP contribution < -0.4 is 0 Å². The zero-order valence-corrected chi connectivity index (χ0v) is 9.92. The molecule has 1 aromatic rings. The maximum Gasteiger partial charge on any atom is 0.342 e. The Balaban J connectivity index is 2.40. The number of thioether (sulfide) groups is 1. The second kappa shape index (κ2) is 4.47. The molecule has 1 atom stereocenters. The second-order valence-electron chi connectivity index (χ2n) is 3.68. The van der Waals surface area contributed by atoms with E-state index in [0.717, 1.165) is 10.6 Å². The first-order chi connectivity index (χ1) is 7.68. The summed E-state index contributed by atoms with van der Waals surface area (Å²) in [4.78, 5) is 12.8. The van der Waals surface area contributed by atoms with Gasteiger partial charge in [0, 0.05) is 22.6 Å². The molecule has 1 aliphatic rings. The van der Waals surface area contributed by atoms with Gasteiger partial charge in [-0.1, -0.05) is 18.2 Å². The van der Waals surface area contributed by atoms with Crippen molar-refractivity contribution in [1.29, 1.82) is 0 Å². The number of benzene rings is 1. The summed E-state index contributed by atoms with van der Waals surface area (Å²) in [7, 11) is 0. The normalized spacial score (nSPS) is 23.6. The molecule has 2 rings (SSSR count). The SMILES string of the molecule is CCOC(=O)C1(O)CCSc2ccccc21. The number of carbonyl (C=O) groups is 1. The minimum absolute atomic E-state index is 0.288. The Morgan fingerprint density at radius 2 is 2.31 bits per heavy atom. The predicted octanol–water partition coefficient (Wildman–Crippen LogP) is 1.93. The van der Waals surface area contributed by atoms with E-state index in [-0.39, 0.29) is 6.61 Å². The first-order valence-electron chi connectivity index (χ1n) is 5.30. The van der Waals surface area contributed by atoms with Crippen LogP contribution in [0.5, 0.6) is 0 Å². The standard InChI is InChI=1S/C12H14O3S/c1-2-15-11(13)12(14)7-8-16-10-6-4-3-5-9(10)12/h3-6,14H,2,7-8H2,1H3. The summed E-state index contributed by atoms with van der Waals surface area (Å²) in [5, 5.41) is 10.4. The van der Waals surface area contributed by atoms with Crippen molar-refractivity contribution in [2.75, 3.05) is 12.4 Å². The van der Waals surface area contributed by atoms with Crippen LogP contribution in [-0.2, 0) is 15.1 Å². The van der Waals surface area contributed by atoms with Crippen molar-refractivity contribution >= 4 is 17.7 Å². The van der Waals surface area contributed by atoms with Crippen LogP contribution in [0.1, 0.15) is 18.9 Å². The van der Waals surface area contributed by atoms with Crippen LogP contribution in [0.25, 0.3) is 0 Å². The summed E-state index contributed by atoms with van der Waals surface area (Å²) in [6.45, 7) is 2.03. The number of hydrogen-bond acceptors (Lipinski definition) is 4. The Bertz CT molecular complexity index is 405. The summed E-state index contributed by atoms with van der Waals surface area (Å²) in [5.74, 6) is 0.189. The molecule has 1 aliphatic heterocycles. The lowest BCUT2D eigenvalue weighted by molar-refractivity contribution is -0.167. The molecular weight excluding hydrogens is 224 g/mol. The molecule has 4 heteroatoms. The molecule has 1 unspecified atom stereocenters. The number of aliphatic hydroxyl groups is 1. The fourth-order valence-corrected chi connectivity index (χ4v) is 3.02. The predicted molar refractivity (Wildman–Crippen MR) is 62.3 cm³/mol. The van der Waals surface area contributed by atoms with Crippen LogP contribution in [0.4, 0.5) is 0 Å². The number of esters is 1. The summed E-state index contributed by atoms with van der Waals surface area (Å²) in [5.41, 5.74) is -0.789. The Hall–Kier alpha value is -1.00. The zero-order chi connectivity index (χ0) is 11.6. The largest absolute Gasteiger partial charge is 0.464 e. The van der Waals surface area contributed by atoms with Crippen molar-refractivity contribution in [3.63, 3.8) is 0 Å². The number of ether oxygens (including phenoxy) is 1. The Labute approximate surface area is 98.8 Å². The van der Waals surface area contributed by atoms with Crippen LogP contribution in [0.15, 0.2) is 29.2 Å². The van der Waals surface area contributed by atoms with Gasteiger partial charge in [-0.3, -0.25) is 0 Å².